The van der Waals surface area contributed by atoms with Gasteiger partial charge < -0.3 is 5.32 Å². The molecule has 0 aromatic rings. The minimum Gasteiger partial charge on any atom is -0.334 e. The highest BCUT2D eigenvalue weighted by atomic mass is 32.2. The summed E-state index contributed by atoms with van der Waals surface area (Å²) in [5.41, 5.74) is 0. The van der Waals surface area contributed by atoms with Gasteiger partial charge in [-0.05, 0) is 12.8 Å². The van der Waals surface area contributed by atoms with Crippen LogP contribution in [0.4, 0.5) is 4.79 Å². The first-order valence-corrected chi connectivity index (χ1v) is 5.69. The predicted octanol–water partition coefficient (Wildman–Crippen LogP) is 2.17. The minimum absolute atomic E-state index is 0.0660. The molecule has 0 unspecified atom stereocenters. The first kappa shape index (κ1) is 11.7. The van der Waals surface area contributed by atoms with Crippen molar-refractivity contribution in [2.45, 2.75) is 38.1 Å². The topological polar surface area (TPSA) is 41.6 Å². The monoisotopic (exact) mass is 218 g/mol. The van der Waals surface area contributed by atoms with E-state index in [0.717, 1.165) is 25.1 Å². The number of nitrogens with zero attached hydrogens (tertiary/aromatic N) is 1. The molecular weight excluding hydrogens is 200 g/mol. The van der Waals surface area contributed by atoms with Gasteiger partial charge >= 0.3 is 6.03 Å². The van der Waals surface area contributed by atoms with Crippen molar-refractivity contribution in [1.82, 2.24) is 9.62 Å². The van der Waals surface area contributed by atoms with Crippen molar-refractivity contribution in [3.63, 3.8) is 0 Å². The summed E-state index contributed by atoms with van der Waals surface area (Å²) in [7, 11) is 3.25. The van der Waals surface area contributed by atoms with Gasteiger partial charge in [-0.3, -0.25) is 4.18 Å². The zero-order valence-electron chi connectivity index (χ0n) is 8.78. The molecule has 0 bridgehead atoms. The molecule has 2 amide bonds. The molecule has 14 heavy (non-hydrogen) atoms. The Morgan fingerprint density at radius 1 is 1.43 bits per heavy atom. The second-order valence-corrected chi connectivity index (χ2v) is 4.55. The summed E-state index contributed by atoms with van der Waals surface area (Å²) < 4.78 is 6.26. The van der Waals surface area contributed by atoms with Crippen molar-refractivity contribution in [2.24, 2.45) is 0 Å². The van der Waals surface area contributed by atoms with E-state index in [1.807, 2.05) is 0 Å². The fourth-order valence-corrected chi connectivity index (χ4v) is 2.00. The van der Waals surface area contributed by atoms with Gasteiger partial charge in [-0.1, -0.05) is 19.3 Å². The molecular formula is C9H18N2O2S. The van der Waals surface area contributed by atoms with Gasteiger partial charge in [0.25, 0.3) is 0 Å². The van der Waals surface area contributed by atoms with Gasteiger partial charge in [0, 0.05) is 13.1 Å². The van der Waals surface area contributed by atoms with Crippen LogP contribution in [0.25, 0.3) is 0 Å². The highest BCUT2D eigenvalue weighted by Crippen LogP contribution is 2.18. The maximum Gasteiger partial charge on any atom is 0.329 e. The molecule has 1 fully saturated rings. The molecule has 1 aliphatic rings. The molecule has 4 nitrogen and oxygen atoms in total. The molecule has 0 heterocycles. The first-order chi connectivity index (χ1) is 6.74. The third kappa shape index (κ3) is 3.75. The number of amides is 2. The van der Waals surface area contributed by atoms with Crippen LogP contribution >= 0.6 is 12.2 Å². The maximum atomic E-state index is 11.5. The van der Waals surface area contributed by atoms with Gasteiger partial charge in [0.15, 0.2) is 0 Å². The van der Waals surface area contributed by atoms with Crippen LogP contribution in [0.5, 0.6) is 0 Å². The number of hydrogen-bond acceptors (Lipinski definition) is 3. The van der Waals surface area contributed by atoms with Crippen LogP contribution in [0.15, 0.2) is 0 Å². The van der Waals surface area contributed by atoms with Gasteiger partial charge in [-0.15, -0.1) is 0 Å². The quantitative estimate of drug-likeness (QED) is 0.583. The number of hydrogen-bond donors (Lipinski definition) is 1. The highest BCUT2D eigenvalue weighted by Gasteiger charge is 2.17. The molecule has 0 atom stereocenters. The van der Waals surface area contributed by atoms with Gasteiger partial charge in [0.1, 0.15) is 12.2 Å². The van der Waals surface area contributed by atoms with Crippen molar-refractivity contribution in [3.05, 3.63) is 0 Å². The van der Waals surface area contributed by atoms with Gasteiger partial charge in [-0.25, -0.2) is 9.10 Å². The van der Waals surface area contributed by atoms with Gasteiger partial charge in [0.05, 0.1) is 7.11 Å². The van der Waals surface area contributed by atoms with Crippen molar-refractivity contribution in [1.29, 1.82) is 0 Å². The molecule has 5 heteroatoms. The molecule has 1 N–H and O–H groups in total. The van der Waals surface area contributed by atoms with E-state index in [2.05, 4.69) is 5.32 Å². The Labute approximate surface area is 89.7 Å². The summed E-state index contributed by atoms with van der Waals surface area (Å²) in [5, 5.41) is 2.99. The van der Waals surface area contributed by atoms with Crippen molar-refractivity contribution in [3.8, 4) is 0 Å². The Bertz CT molecular complexity index is 184. The molecule has 1 rings (SSSR count). The third-order valence-corrected chi connectivity index (χ3v) is 2.94. The lowest BCUT2D eigenvalue weighted by Crippen LogP contribution is -2.41. The largest absolute Gasteiger partial charge is 0.334 e. The Hall–Kier alpha value is -0.420. The van der Waals surface area contributed by atoms with Crippen LogP contribution in [0.1, 0.15) is 32.1 Å². The van der Waals surface area contributed by atoms with Crippen molar-refractivity contribution >= 4 is 18.3 Å². The van der Waals surface area contributed by atoms with Gasteiger partial charge in [-0.2, -0.15) is 0 Å². The average molecular weight is 218 g/mol. The smallest absolute Gasteiger partial charge is 0.329 e. The Morgan fingerprint density at radius 2 is 2.07 bits per heavy atom. The van der Waals surface area contributed by atoms with E-state index in [1.54, 1.807) is 14.2 Å². The SMILES string of the molecule is COSN(C)C(=O)NC1CCCCC1. The molecule has 0 aromatic carbocycles. The van der Waals surface area contributed by atoms with E-state index >= 15 is 0 Å². The van der Waals surface area contributed by atoms with E-state index in [0.29, 0.717) is 6.04 Å². The normalized spacial score (nSPS) is 17.9. The first-order valence-electron chi connectivity index (χ1n) is 4.99. The van der Waals surface area contributed by atoms with E-state index in [1.165, 1.54) is 23.6 Å². The van der Waals surface area contributed by atoms with Crippen molar-refractivity contribution < 1.29 is 8.98 Å². The number of nitrogens with one attached hydrogen (secondary N) is 1. The molecule has 0 spiro atoms. The summed E-state index contributed by atoms with van der Waals surface area (Å²) in [4.78, 5) is 11.5. The summed E-state index contributed by atoms with van der Waals surface area (Å²) in [6.07, 6.45) is 5.97. The zero-order chi connectivity index (χ0) is 10.4. The van der Waals surface area contributed by atoms with Crippen molar-refractivity contribution in [2.75, 3.05) is 14.2 Å². The van der Waals surface area contributed by atoms with E-state index in [-0.39, 0.29) is 6.03 Å². The molecule has 1 aliphatic carbocycles. The second kappa shape index (κ2) is 6.14. The number of carbonyl (C=O) groups excluding carboxylic acids is 1. The molecule has 82 valence electrons. The summed E-state index contributed by atoms with van der Waals surface area (Å²) in [6, 6.07) is 0.292. The fourth-order valence-electron chi connectivity index (χ4n) is 1.66. The molecule has 1 saturated carbocycles. The van der Waals surface area contributed by atoms with Crippen LogP contribution in [0, 0.1) is 0 Å². The van der Waals surface area contributed by atoms with Crippen LogP contribution in [0.2, 0.25) is 0 Å². The Kier molecular flexibility index (Phi) is 5.11. The minimum atomic E-state index is -0.0660. The van der Waals surface area contributed by atoms with Crippen LogP contribution in [-0.4, -0.2) is 30.5 Å². The lowest BCUT2D eigenvalue weighted by atomic mass is 9.96. The van der Waals surface area contributed by atoms with Crippen LogP contribution in [0.3, 0.4) is 0 Å². The number of rotatable bonds is 3. The zero-order valence-corrected chi connectivity index (χ0v) is 9.60. The summed E-state index contributed by atoms with van der Waals surface area (Å²) in [5.74, 6) is 0. The second-order valence-electron chi connectivity index (χ2n) is 3.52. The number of urea groups is 1. The van der Waals surface area contributed by atoms with E-state index in [9.17, 15) is 4.79 Å². The van der Waals surface area contributed by atoms with E-state index in [4.69, 9.17) is 4.18 Å². The lowest BCUT2D eigenvalue weighted by Gasteiger charge is -2.24. The summed E-state index contributed by atoms with van der Waals surface area (Å²) >= 11 is 1.05. The van der Waals surface area contributed by atoms with Crippen LogP contribution < -0.4 is 5.32 Å². The fraction of sp³-hybridized carbons (Fsp3) is 0.889. The van der Waals surface area contributed by atoms with Crippen LogP contribution in [-0.2, 0) is 4.18 Å². The third-order valence-electron chi connectivity index (χ3n) is 2.41. The average Bonchev–Trinajstić information content (AvgIpc) is 2.19. The number of carbonyl (C=O) groups is 1. The molecule has 0 aromatic heterocycles. The predicted molar refractivity (Wildman–Crippen MR) is 57.8 cm³/mol. The Morgan fingerprint density at radius 3 is 2.64 bits per heavy atom. The maximum absolute atomic E-state index is 11.5. The summed E-state index contributed by atoms with van der Waals surface area (Å²) in [6.45, 7) is 0. The molecule has 0 saturated heterocycles. The van der Waals surface area contributed by atoms with E-state index < -0.39 is 0 Å². The Balaban J connectivity index is 2.24. The lowest BCUT2D eigenvalue weighted by molar-refractivity contribution is 0.220. The molecule has 0 radical (unpaired) electrons. The standard InChI is InChI=1S/C9H18N2O2S/c1-11(14-13-2)9(12)10-8-6-4-3-5-7-8/h8H,3-7H2,1-2H3,(H,10,12). The van der Waals surface area contributed by atoms with Gasteiger partial charge in [0.2, 0.25) is 0 Å². The molecule has 0 aliphatic heterocycles. The highest BCUT2D eigenvalue weighted by molar-refractivity contribution is 7.92.